The summed E-state index contributed by atoms with van der Waals surface area (Å²) >= 11 is 1.34. The zero-order valence-electron chi connectivity index (χ0n) is 14.9. The van der Waals surface area contributed by atoms with Crippen LogP contribution in [0.15, 0.2) is 35.7 Å². The molecular formula is C17H19N7O2S. The number of nitrogens with two attached hydrogens (primary N) is 1. The summed E-state index contributed by atoms with van der Waals surface area (Å²) in [4.78, 5) is 30.3. The number of carbonyl (C=O) groups excluding carboxylic acids is 1. The van der Waals surface area contributed by atoms with Crippen LogP contribution in [-0.4, -0.2) is 40.0 Å². The van der Waals surface area contributed by atoms with Gasteiger partial charge in [0.05, 0.1) is 0 Å². The van der Waals surface area contributed by atoms with Crippen LogP contribution >= 0.6 is 11.3 Å². The number of rotatable bonds is 7. The first-order valence-corrected chi connectivity index (χ1v) is 8.97. The Morgan fingerprint density at radius 3 is 2.70 bits per heavy atom. The van der Waals surface area contributed by atoms with Gasteiger partial charge in [-0.15, -0.1) is 11.3 Å². The first kappa shape index (κ1) is 18.5. The van der Waals surface area contributed by atoms with Gasteiger partial charge in [-0.2, -0.15) is 15.0 Å². The predicted molar refractivity (Wildman–Crippen MR) is 104 cm³/mol. The Morgan fingerprint density at radius 1 is 1.19 bits per heavy atom. The second kappa shape index (κ2) is 8.41. The van der Waals surface area contributed by atoms with E-state index in [2.05, 4.69) is 25.3 Å². The SMILES string of the molecule is CN(C)c1nc(N)nc(COC(=O)c2csc(NCc3ccccc3)n2)n1. The number of thiazole rings is 1. The van der Waals surface area contributed by atoms with Gasteiger partial charge in [-0.3, -0.25) is 0 Å². The highest BCUT2D eigenvalue weighted by molar-refractivity contribution is 7.13. The average molecular weight is 385 g/mol. The molecule has 3 N–H and O–H groups in total. The zero-order valence-corrected chi connectivity index (χ0v) is 15.7. The van der Waals surface area contributed by atoms with Gasteiger partial charge in [-0.1, -0.05) is 30.3 Å². The summed E-state index contributed by atoms with van der Waals surface area (Å²) in [6.45, 7) is 0.511. The fourth-order valence-corrected chi connectivity index (χ4v) is 2.79. The number of hydrogen-bond acceptors (Lipinski definition) is 10. The zero-order chi connectivity index (χ0) is 19.2. The predicted octanol–water partition coefficient (Wildman–Crippen LogP) is 1.95. The average Bonchev–Trinajstić information content (AvgIpc) is 3.14. The van der Waals surface area contributed by atoms with Gasteiger partial charge in [-0.25, -0.2) is 9.78 Å². The van der Waals surface area contributed by atoms with Crippen LogP contribution < -0.4 is 16.0 Å². The summed E-state index contributed by atoms with van der Waals surface area (Å²) in [7, 11) is 3.56. The fraction of sp³-hybridized carbons (Fsp3) is 0.235. The van der Waals surface area contributed by atoms with Crippen molar-refractivity contribution in [1.82, 2.24) is 19.9 Å². The van der Waals surface area contributed by atoms with Gasteiger partial charge in [0, 0.05) is 26.0 Å². The van der Waals surface area contributed by atoms with Crippen LogP contribution in [0.5, 0.6) is 0 Å². The molecule has 9 nitrogen and oxygen atoms in total. The van der Waals surface area contributed by atoms with Crippen LogP contribution in [0.25, 0.3) is 0 Å². The van der Waals surface area contributed by atoms with E-state index in [0.29, 0.717) is 17.6 Å². The highest BCUT2D eigenvalue weighted by Crippen LogP contribution is 2.17. The van der Waals surface area contributed by atoms with Gasteiger partial charge in [0.2, 0.25) is 11.9 Å². The quantitative estimate of drug-likeness (QED) is 0.588. The summed E-state index contributed by atoms with van der Waals surface area (Å²) < 4.78 is 5.23. The van der Waals surface area contributed by atoms with Crippen LogP contribution in [-0.2, 0) is 17.9 Å². The lowest BCUT2D eigenvalue weighted by atomic mass is 10.2. The lowest BCUT2D eigenvalue weighted by molar-refractivity contribution is 0.0456. The van der Waals surface area contributed by atoms with E-state index in [-0.39, 0.29) is 24.1 Å². The second-order valence-electron chi connectivity index (χ2n) is 5.76. The molecule has 140 valence electrons. The van der Waals surface area contributed by atoms with Crippen LogP contribution in [0.3, 0.4) is 0 Å². The molecule has 3 aromatic rings. The lowest BCUT2D eigenvalue weighted by Crippen LogP contribution is -2.17. The molecular weight excluding hydrogens is 366 g/mol. The number of esters is 1. The normalized spacial score (nSPS) is 10.4. The highest BCUT2D eigenvalue weighted by atomic mass is 32.1. The van der Waals surface area contributed by atoms with Crippen molar-refractivity contribution in [2.45, 2.75) is 13.2 Å². The molecule has 0 saturated heterocycles. The third-order valence-corrected chi connectivity index (χ3v) is 4.22. The molecule has 2 aromatic heterocycles. The van der Waals surface area contributed by atoms with Crippen molar-refractivity contribution in [3.63, 3.8) is 0 Å². The number of nitrogens with zero attached hydrogens (tertiary/aromatic N) is 5. The molecule has 0 aliphatic heterocycles. The van der Waals surface area contributed by atoms with Crippen molar-refractivity contribution in [3.05, 3.63) is 52.8 Å². The molecule has 0 aliphatic rings. The van der Waals surface area contributed by atoms with Gasteiger partial charge < -0.3 is 20.7 Å². The summed E-state index contributed by atoms with van der Waals surface area (Å²) in [6.07, 6.45) is 0. The second-order valence-corrected chi connectivity index (χ2v) is 6.62. The van der Waals surface area contributed by atoms with E-state index in [9.17, 15) is 4.79 Å². The third kappa shape index (κ3) is 5.11. The minimum Gasteiger partial charge on any atom is -0.453 e. The van der Waals surface area contributed by atoms with Crippen molar-refractivity contribution in [1.29, 1.82) is 0 Å². The van der Waals surface area contributed by atoms with E-state index in [0.717, 1.165) is 5.56 Å². The van der Waals surface area contributed by atoms with E-state index < -0.39 is 5.97 Å². The fourth-order valence-electron chi connectivity index (χ4n) is 2.12. The maximum atomic E-state index is 12.2. The Balaban J connectivity index is 1.56. The maximum Gasteiger partial charge on any atom is 0.358 e. The van der Waals surface area contributed by atoms with Crippen molar-refractivity contribution in [3.8, 4) is 0 Å². The Bertz CT molecular complexity index is 915. The van der Waals surface area contributed by atoms with E-state index in [1.54, 1.807) is 24.4 Å². The van der Waals surface area contributed by atoms with Crippen molar-refractivity contribution < 1.29 is 9.53 Å². The number of carbonyl (C=O) groups is 1. The van der Waals surface area contributed by atoms with Crippen LogP contribution in [0.1, 0.15) is 21.9 Å². The van der Waals surface area contributed by atoms with E-state index in [1.807, 2.05) is 30.3 Å². The Hall–Kier alpha value is -3.27. The summed E-state index contributed by atoms with van der Waals surface area (Å²) in [5.74, 6) is 0.192. The molecule has 0 aliphatic carbocycles. The van der Waals surface area contributed by atoms with Crippen LogP contribution in [0.4, 0.5) is 17.0 Å². The van der Waals surface area contributed by atoms with Gasteiger partial charge in [-0.05, 0) is 5.56 Å². The molecule has 0 unspecified atom stereocenters. The first-order chi connectivity index (χ1) is 13.0. The maximum absolute atomic E-state index is 12.2. The molecule has 3 rings (SSSR count). The van der Waals surface area contributed by atoms with Gasteiger partial charge >= 0.3 is 5.97 Å². The van der Waals surface area contributed by atoms with Gasteiger partial charge in [0.25, 0.3) is 0 Å². The van der Waals surface area contributed by atoms with Crippen molar-refractivity contribution in [2.75, 3.05) is 30.0 Å². The minimum atomic E-state index is -0.551. The number of anilines is 3. The molecule has 10 heteroatoms. The summed E-state index contributed by atoms with van der Waals surface area (Å²) in [5.41, 5.74) is 7.00. The molecule has 2 heterocycles. The standard InChI is InChI=1S/C17H19N7O2S/c1-24(2)16-22-13(21-15(18)23-16)9-26-14(25)12-10-27-17(20-12)19-8-11-6-4-3-5-7-11/h3-7,10H,8-9H2,1-2H3,(H,19,20)(H2,18,21,22,23). The topological polar surface area (TPSA) is 119 Å². The molecule has 0 amide bonds. The summed E-state index contributed by atoms with van der Waals surface area (Å²) in [6, 6.07) is 9.92. The first-order valence-electron chi connectivity index (χ1n) is 8.09. The minimum absolute atomic E-state index is 0.0702. The number of aromatic nitrogens is 4. The Kier molecular flexibility index (Phi) is 5.77. The number of nitrogen functional groups attached to an aromatic ring is 1. The highest BCUT2D eigenvalue weighted by Gasteiger charge is 2.14. The molecule has 0 spiro atoms. The number of hydrogen-bond donors (Lipinski definition) is 2. The van der Waals surface area contributed by atoms with Gasteiger partial charge in [0.1, 0.15) is 0 Å². The largest absolute Gasteiger partial charge is 0.453 e. The third-order valence-electron chi connectivity index (χ3n) is 3.42. The molecule has 0 radical (unpaired) electrons. The van der Waals surface area contributed by atoms with Crippen molar-refractivity contribution >= 4 is 34.3 Å². The van der Waals surface area contributed by atoms with E-state index >= 15 is 0 Å². The number of benzene rings is 1. The van der Waals surface area contributed by atoms with E-state index in [1.165, 1.54) is 11.3 Å². The van der Waals surface area contributed by atoms with E-state index in [4.69, 9.17) is 10.5 Å². The van der Waals surface area contributed by atoms with Crippen molar-refractivity contribution in [2.24, 2.45) is 0 Å². The van der Waals surface area contributed by atoms with Crippen LogP contribution in [0, 0.1) is 0 Å². The number of ether oxygens (including phenoxy) is 1. The number of nitrogens with one attached hydrogen (secondary N) is 1. The lowest BCUT2D eigenvalue weighted by Gasteiger charge is -2.11. The van der Waals surface area contributed by atoms with Crippen LogP contribution in [0.2, 0.25) is 0 Å². The molecule has 27 heavy (non-hydrogen) atoms. The summed E-state index contributed by atoms with van der Waals surface area (Å²) in [5, 5.41) is 5.47. The smallest absolute Gasteiger partial charge is 0.358 e. The Labute approximate surface area is 160 Å². The Morgan fingerprint density at radius 2 is 1.96 bits per heavy atom. The molecule has 0 fully saturated rings. The van der Waals surface area contributed by atoms with Gasteiger partial charge in [0.15, 0.2) is 23.3 Å². The molecule has 0 saturated carbocycles. The molecule has 1 aromatic carbocycles. The molecule has 0 atom stereocenters. The molecule has 0 bridgehead atoms. The monoisotopic (exact) mass is 385 g/mol.